The summed E-state index contributed by atoms with van der Waals surface area (Å²) < 4.78 is 30.6. The minimum atomic E-state index is -0.415. The second-order valence-corrected chi connectivity index (χ2v) is 8.34. The maximum absolute atomic E-state index is 14.1. The molecular formula is C26H24FN3O4. The molecule has 174 valence electrons. The van der Waals surface area contributed by atoms with E-state index in [0.29, 0.717) is 36.7 Å². The summed E-state index contributed by atoms with van der Waals surface area (Å²) in [5, 5.41) is 3.89. The molecule has 2 aromatic carbocycles. The molecule has 0 bridgehead atoms. The molecule has 1 aliphatic heterocycles. The van der Waals surface area contributed by atoms with E-state index in [1.807, 2.05) is 24.3 Å². The minimum absolute atomic E-state index is 0.00859. The third-order valence-corrected chi connectivity index (χ3v) is 6.01. The maximum Gasteiger partial charge on any atom is 0.292 e. The standard InChI is InChI=1S/C26H24FN3O4/c1-32-19-8-4-6-17(12-19)13-20-15-28-25(33-20)18-7-5-11-30(16-18)26(31)24-14-23(29-34-24)21-9-2-3-10-22(21)27/h2-4,6,8-10,12,14-15,18H,5,7,11,13,16H2,1H3/t18-/m1/s1. The number of aromatic nitrogens is 2. The average molecular weight is 461 g/mol. The molecule has 2 aromatic heterocycles. The normalized spacial score (nSPS) is 15.9. The summed E-state index contributed by atoms with van der Waals surface area (Å²) in [6.07, 6.45) is 4.04. The number of benzene rings is 2. The molecule has 7 nitrogen and oxygen atoms in total. The van der Waals surface area contributed by atoms with Crippen molar-refractivity contribution in [1.82, 2.24) is 15.0 Å². The highest BCUT2D eigenvalue weighted by atomic mass is 19.1. The minimum Gasteiger partial charge on any atom is -0.497 e. The lowest BCUT2D eigenvalue weighted by Crippen LogP contribution is -2.39. The van der Waals surface area contributed by atoms with E-state index in [0.717, 1.165) is 29.9 Å². The smallest absolute Gasteiger partial charge is 0.292 e. The zero-order valence-corrected chi connectivity index (χ0v) is 18.7. The van der Waals surface area contributed by atoms with Crippen LogP contribution in [0.1, 0.15) is 46.5 Å². The third kappa shape index (κ3) is 4.57. The molecule has 1 aliphatic rings. The van der Waals surface area contributed by atoms with Crippen LogP contribution in [0.25, 0.3) is 11.3 Å². The molecule has 1 saturated heterocycles. The van der Waals surface area contributed by atoms with Crippen LogP contribution in [-0.4, -0.2) is 41.1 Å². The highest BCUT2D eigenvalue weighted by Gasteiger charge is 2.30. The molecule has 0 spiro atoms. The SMILES string of the molecule is COc1cccc(Cc2cnc([C@@H]3CCCN(C(=O)c4cc(-c5ccccc5F)no4)C3)o2)c1. The van der Waals surface area contributed by atoms with E-state index in [4.69, 9.17) is 13.7 Å². The topological polar surface area (TPSA) is 81.6 Å². The summed E-state index contributed by atoms with van der Waals surface area (Å²) in [4.78, 5) is 19.2. The van der Waals surface area contributed by atoms with E-state index >= 15 is 0 Å². The number of rotatable bonds is 6. The molecule has 1 amide bonds. The van der Waals surface area contributed by atoms with Gasteiger partial charge in [0.2, 0.25) is 5.76 Å². The quantitative estimate of drug-likeness (QED) is 0.398. The largest absolute Gasteiger partial charge is 0.497 e. The van der Waals surface area contributed by atoms with E-state index < -0.39 is 5.82 Å². The number of likely N-dealkylation sites (tertiary alicyclic amines) is 1. The summed E-state index contributed by atoms with van der Waals surface area (Å²) in [5.41, 5.74) is 1.66. The molecule has 3 heterocycles. The van der Waals surface area contributed by atoms with Gasteiger partial charge in [0.1, 0.15) is 23.0 Å². The summed E-state index contributed by atoms with van der Waals surface area (Å²) >= 11 is 0. The molecule has 1 atom stereocenters. The van der Waals surface area contributed by atoms with Crippen LogP contribution < -0.4 is 4.74 Å². The fraction of sp³-hybridized carbons (Fsp3) is 0.269. The molecule has 4 aromatic rings. The van der Waals surface area contributed by atoms with Crippen molar-refractivity contribution in [2.45, 2.75) is 25.2 Å². The molecule has 0 N–H and O–H groups in total. The Kier molecular flexibility index (Phi) is 6.12. The van der Waals surface area contributed by atoms with Crippen LogP contribution in [0.3, 0.4) is 0 Å². The molecule has 5 rings (SSSR count). The highest BCUT2D eigenvalue weighted by Crippen LogP contribution is 2.29. The first-order chi connectivity index (χ1) is 16.6. The molecule has 0 saturated carbocycles. The molecule has 8 heteroatoms. The van der Waals surface area contributed by atoms with Gasteiger partial charge in [-0.3, -0.25) is 4.79 Å². The summed E-state index contributed by atoms with van der Waals surface area (Å²) in [7, 11) is 1.64. The van der Waals surface area contributed by atoms with Gasteiger partial charge in [-0.05, 0) is 42.7 Å². The lowest BCUT2D eigenvalue weighted by molar-refractivity contribution is 0.0656. The fourth-order valence-electron chi connectivity index (χ4n) is 4.27. The Hall–Kier alpha value is -3.94. The second kappa shape index (κ2) is 9.51. The van der Waals surface area contributed by atoms with E-state index in [1.54, 1.807) is 36.4 Å². The van der Waals surface area contributed by atoms with Crippen LogP contribution in [0.4, 0.5) is 4.39 Å². The van der Waals surface area contributed by atoms with Crippen molar-refractivity contribution in [3.8, 4) is 17.0 Å². The Balaban J connectivity index is 1.26. The molecular weight excluding hydrogens is 437 g/mol. The van der Waals surface area contributed by atoms with Gasteiger partial charge in [-0.25, -0.2) is 9.37 Å². The Morgan fingerprint density at radius 1 is 1.21 bits per heavy atom. The fourth-order valence-corrected chi connectivity index (χ4v) is 4.27. The van der Waals surface area contributed by atoms with Crippen LogP contribution >= 0.6 is 0 Å². The number of methoxy groups -OCH3 is 1. The summed E-state index contributed by atoms with van der Waals surface area (Å²) in [6, 6.07) is 15.6. The number of amides is 1. The van der Waals surface area contributed by atoms with Gasteiger partial charge < -0.3 is 18.6 Å². The van der Waals surface area contributed by atoms with Gasteiger partial charge in [0, 0.05) is 31.1 Å². The van der Waals surface area contributed by atoms with Crippen molar-refractivity contribution < 1.29 is 22.9 Å². The lowest BCUT2D eigenvalue weighted by Gasteiger charge is -2.30. The van der Waals surface area contributed by atoms with Gasteiger partial charge in [-0.15, -0.1) is 0 Å². The summed E-state index contributed by atoms with van der Waals surface area (Å²) in [6.45, 7) is 1.07. The molecule has 1 fully saturated rings. The first-order valence-electron chi connectivity index (χ1n) is 11.2. The molecule has 0 unspecified atom stereocenters. The third-order valence-electron chi connectivity index (χ3n) is 6.01. The van der Waals surface area contributed by atoms with Crippen molar-refractivity contribution in [2.75, 3.05) is 20.2 Å². The number of hydrogen-bond acceptors (Lipinski definition) is 6. The number of ether oxygens (including phenoxy) is 1. The molecule has 34 heavy (non-hydrogen) atoms. The van der Waals surface area contributed by atoms with Crippen LogP contribution in [0.2, 0.25) is 0 Å². The van der Waals surface area contributed by atoms with Crippen molar-refractivity contribution in [3.05, 3.63) is 89.6 Å². The average Bonchev–Trinajstić information content (AvgIpc) is 3.54. The number of halogens is 1. The number of carbonyl (C=O) groups is 1. The van der Waals surface area contributed by atoms with Crippen LogP contribution in [0, 0.1) is 5.82 Å². The Labute approximate surface area is 196 Å². The van der Waals surface area contributed by atoms with Gasteiger partial charge in [-0.2, -0.15) is 0 Å². The Bertz CT molecular complexity index is 1300. The number of carbonyl (C=O) groups excluding carboxylic acids is 1. The second-order valence-electron chi connectivity index (χ2n) is 8.34. The first kappa shape index (κ1) is 21.9. The van der Waals surface area contributed by atoms with E-state index in [9.17, 15) is 9.18 Å². The van der Waals surface area contributed by atoms with Gasteiger partial charge in [0.05, 0.1) is 19.2 Å². The predicted octanol–water partition coefficient (Wildman–Crippen LogP) is 5.09. The monoisotopic (exact) mass is 461 g/mol. The van der Waals surface area contributed by atoms with Crippen LogP contribution in [0.5, 0.6) is 5.75 Å². The van der Waals surface area contributed by atoms with Crippen LogP contribution in [-0.2, 0) is 6.42 Å². The molecule has 0 aliphatic carbocycles. The molecule has 0 radical (unpaired) electrons. The van der Waals surface area contributed by atoms with Crippen molar-refractivity contribution in [3.63, 3.8) is 0 Å². The van der Waals surface area contributed by atoms with Crippen molar-refractivity contribution >= 4 is 5.91 Å². The number of oxazole rings is 1. The van der Waals surface area contributed by atoms with Crippen molar-refractivity contribution in [1.29, 1.82) is 0 Å². The van der Waals surface area contributed by atoms with E-state index in [2.05, 4.69) is 10.1 Å². The van der Waals surface area contributed by atoms with Gasteiger partial charge in [0.25, 0.3) is 5.91 Å². The lowest BCUT2D eigenvalue weighted by atomic mass is 9.97. The highest BCUT2D eigenvalue weighted by molar-refractivity contribution is 5.92. The number of nitrogens with zero attached hydrogens (tertiary/aromatic N) is 3. The van der Waals surface area contributed by atoms with Crippen LogP contribution in [0.15, 0.2) is 69.7 Å². The predicted molar refractivity (Wildman–Crippen MR) is 122 cm³/mol. The van der Waals surface area contributed by atoms with Gasteiger partial charge in [-0.1, -0.05) is 29.4 Å². The number of hydrogen-bond donors (Lipinski definition) is 0. The van der Waals surface area contributed by atoms with Crippen molar-refractivity contribution in [2.24, 2.45) is 0 Å². The maximum atomic E-state index is 14.1. The van der Waals surface area contributed by atoms with Gasteiger partial charge in [0.15, 0.2) is 5.89 Å². The first-order valence-corrected chi connectivity index (χ1v) is 11.2. The number of piperidine rings is 1. The summed E-state index contributed by atoms with van der Waals surface area (Å²) in [5.74, 6) is 1.57. The zero-order chi connectivity index (χ0) is 23.5. The Morgan fingerprint density at radius 2 is 2.09 bits per heavy atom. The Morgan fingerprint density at radius 3 is 2.94 bits per heavy atom. The van der Waals surface area contributed by atoms with Gasteiger partial charge >= 0.3 is 0 Å². The zero-order valence-electron chi connectivity index (χ0n) is 18.7. The van der Waals surface area contributed by atoms with E-state index in [-0.39, 0.29) is 17.6 Å². The van der Waals surface area contributed by atoms with E-state index in [1.165, 1.54) is 12.1 Å².